The predicted octanol–water partition coefficient (Wildman–Crippen LogP) is 3.49. The zero-order valence-electron chi connectivity index (χ0n) is 14.6. The summed E-state index contributed by atoms with van der Waals surface area (Å²) in [4.78, 5) is 35.8. The summed E-state index contributed by atoms with van der Waals surface area (Å²) in [5.41, 5.74) is 1.36. The number of ketones is 1. The third-order valence-electron chi connectivity index (χ3n) is 4.09. The lowest BCUT2D eigenvalue weighted by molar-refractivity contribution is 0.101. The highest BCUT2D eigenvalue weighted by atomic mass is 19.1. The van der Waals surface area contributed by atoms with Gasteiger partial charge in [-0.05, 0) is 43.3 Å². The van der Waals surface area contributed by atoms with Gasteiger partial charge in [0, 0.05) is 29.1 Å². The molecule has 3 aromatic rings. The van der Waals surface area contributed by atoms with Crippen LogP contribution in [0.1, 0.15) is 33.2 Å². The molecule has 0 spiro atoms. The van der Waals surface area contributed by atoms with Crippen molar-refractivity contribution in [2.75, 3.05) is 5.32 Å². The smallest absolute Gasteiger partial charge is 0.257 e. The Bertz CT molecular complexity index is 1060. The minimum absolute atomic E-state index is 0.0277. The summed E-state index contributed by atoms with van der Waals surface area (Å²) in [6.07, 6.45) is 1.40. The van der Waals surface area contributed by atoms with Gasteiger partial charge >= 0.3 is 0 Å². The van der Waals surface area contributed by atoms with Crippen LogP contribution in [-0.2, 0) is 6.54 Å². The largest absolute Gasteiger partial charge is 0.322 e. The molecule has 1 heterocycles. The fraction of sp³-hybridized carbons (Fsp3) is 0.0952. The molecule has 0 atom stereocenters. The average Bonchev–Trinajstić information content (AvgIpc) is 2.65. The molecule has 0 aliphatic heterocycles. The summed E-state index contributed by atoms with van der Waals surface area (Å²) < 4.78 is 15.1. The number of amides is 1. The third-order valence-corrected chi connectivity index (χ3v) is 4.09. The number of halogens is 1. The van der Waals surface area contributed by atoms with E-state index in [2.05, 4.69) is 5.32 Å². The average molecular weight is 364 g/mol. The van der Waals surface area contributed by atoms with Gasteiger partial charge < -0.3 is 9.88 Å². The van der Waals surface area contributed by atoms with Crippen molar-refractivity contribution in [1.29, 1.82) is 0 Å². The van der Waals surface area contributed by atoms with Crippen LogP contribution in [0.2, 0.25) is 0 Å². The standard InChI is InChI=1S/C21H17FN2O3/c1-14(25)15-6-9-18(10-7-15)23-21(27)17-8-11-20(26)24(13-17)12-16-4-2-3-5-19(16)22/h2-11,13H,12H2,1H3,(H,23,27). The van der Waals surface area contributed by atoms with Crippen molar-refractivity contribution in [1.82, 2.24) is 4.57 Å². The van der Waals surface area contributed by atoms with Crippen LogP contribution in [0.5, 0.6) is 0 Å². The molecule has 1 amide bonds. The van der Waals surface area contributed by atoms with E-state index >= 15 is 0 Å². The van der Waals surface area contributed by atoms with Crippen LogP contribution < -0.4 is 10.9 Å². The van der Waals surface area contributed by atoms with Crippen LogP contribution in [-0.4, -0.2) is 16.3 Å². The number of carbonyl (C=O) groups is 2. The first kappa shape index (κ1) is 18.3. The fourth-order valence-electron chi connectivity index (χ4n) is 2.59. The van der Waals surface area contributed by atoms with Gasteiger partial charge in [-0.25, -0.2) is 4.39 Å². The summed E-state index contributed by atoms with van der Waals surface area (Å²) in [5.74, 6) is -0.884. The van der Waals surface area contributed by atoms with Gasteiger partial charge in [0.25, 0.3) is 11.5 Å². The van der Waals surface area contributed by atoms with E-state index in [1.807, 2.05) is 0 Å². The Balaban J connectivity index is 1.80. The highest BCUT2D eigenvalue weighted by molar-refractivity contribution is 6.04. The number of benzene rings is 2. The molecule has 0 aliphatic carbocycles. The molecule has 0 aliphatic rings. The van der Waals surface area contributed by atoms with Crippen LogP contribution in [0.25, 0.3) is 0 Å². The molecule has 6 heteroatoms. The van der Waals surface area contributed by atoms with Gasteiger partial charge in [-0.3, -0.25) is 14.4 Å². The van der Waals surface area contributed by atoms with E-state index in [0.29, 0.717) is 16.8 Å². The SMILES string of the molecule is CC(=O)c1ccc(NC(=O)c2ccc(=O)n(Cc3ccccc3F)c2)cc1. The second kappa shape index (κ2) is 7.78. The van der Waals surface area contributed by atoms with Crippen LogP contribution in [0.4, 0.5) is 10.1 Å². The van der Waals surface area contributed by atoms with Crippen molar-refractivity contribution in [3.8, 4) is 0 Å². The number of nitrogens with one attached hydrogen (secondary N) is 1. The molecule has 1 N–H and O–H groups in total. The Labute approximate surface area is 155 Å². The van der Waals surface area contributed by atoms with E-state index in [4.69, 9.17) is 0 Å². The van der Waals surface area contributed by atoms with Gasteiger partial charge in [0.1, 0.15) is 5.82 Å². The zero-order chi connectivity index (χ0) is 19.4. The van der Waals surface area contributed by atoms with E-state index in [0.717, 1.165) is 0 Å². The van der Waals surface area contributed by atoms with Crippen molar-refractivity contribution in [3.63, 3.8) is 0 Å². The van der Waals surface area contributed by atoms with E-state index < -0.39 is 11.7 Å². The van der Waals surface area contributed by atoms with Gasteiger partial charge in [-0.15, -0.1) is 0 Å². The van der Waals surface area contributed by atoms with E-state index in [9.17, 15) is 18.8 Å². The summed E-state index contributed by atoms with van der Waals surface area (Å²) in [7, 11) is 0. The maximum atomic E-state index is 13.8. The normalized spacial score (nSPS) is 10.4. The van der Waals surface area contributed by atoms with Crippen LogP contribution in [0.15, 0.2) is 71.7 Å². The maximum Gasteiger partial charge on any atom is 0.257 e. The molecule has 3 rings (SSSR count). The number of carbonyl (C=O) groups excluding carboxylic acids is 2. The summed E-state index contributed by atoms with van der Waals surface area (Å²) in [5, 5.41) is 2.71. The zero-order valence-corrected chi connectivity index (χ0v) is 14.6. The summed E-state index contributed by atoms with van der Waals surface area (Å²) in [6.45, 7) is 1.49. The second-order valence-electron chi connectivity index (χ2n) is 6.06. The number of nitrogens with zero attached hydrogens (tertiary/aromatic N) is 1. The molecule has 0 unspecified atom stereocenters. The van der Waals surface area contributed by atoms with Crippen molar-refractivity contribution in [3.05, 3.63) is 99.7 Å². The van der Waals surface area contributed by atoms with Crippen molar-refractivity contribution < 1.29 is 14.0 Å². The van der Waals surface area contributed by atoms with E-state index in [1.54, 1.807) is 42.5 Å². The fourth-order valence-corrected chi connectivity index (χ4v) is 2.59. The maximum absolute atomic E-state index is 13.8. The lowest BCUT2D eigenvalue weighted by atomic mass is 10.1. The first-order chi connectivity index (χ1) is 12.9. The molecular weight excluding hydrogens is 347 g/mol. The van der Waals surface area contributed by atoms with Crippen LogP contribution in [0.3, 0.4) is 0 Å². The van der Waals surface area contributed by atoms with E-state index in [-0.39, 0.29) is 23.5 Å². The Morgan fingerprint density at radius 3 is 2.30 bits per heavy atom. The number of Topliss-reactive ketones (excluding diaryl/α,β-unsaturated/α-hetero) is 1. The molecule has 1 aromatic heterocycles. The lowest BCUT2D eigenvalue weighted by Gasteiger charge is -2.10. The molecule has 0 bridgehead atoms. The monoisotopic (exact) mass is 364 g/mol. The Morgan fingerprint density at radius 2 is 1.63 bits per heavy atom. The van der Waals surface area contributed by atoms with Crippen molar-refractivity contribution in [2.45, 2.75) is 13.5 Å². The first-order valence-corrected chi connectivity index (χ1v) is 8.30. The number of pyridine rings is 1. The highest BCUT2D eigenvalue weighted by Gasteiger charge is 2.10. The number of aromatic nitrogens is 1. The second-order valence-corrected chi connectivity index (χ2v) is 6.06. The molecular formula is C21H17FN2O3. The highest BCUT2D eigenvalue weighted by Crippen LogP contribution is 2.12. The molecule has 2 aromatic carbocycles. The van der Waals surface area contributed by atoms with E-state index in [1.165, 1.54) is 35.9 Å². The van der Waals surface area contributed by atoms with Crippen molar-refractivity contribution >= 4 is 17.4 Å². The van der Waals surface area contributed by atoms with Gasteiger partial charge in [0.05, 0.1) is 12.1 Å². The number of hydrogen-bond donors (Lipinski definition) is 1. The molecule has 0 radical (unpaired) electrons. The Kier molecular flexibility index (Phi) is 5.26. The Hall–Kier alpha value is -3.54. The van der Waals surface area contributed by atoms with Crippen molar-refractivity contribution in [2.24, 2.45) is 0 Å². The topological polar surface area (TPSA) is 68.2 Å². The lowest BCUT2D eigenvalue weighted by Crippen LogP contribution is -2.23. The number of hydrogen-bond acceptors (Lipinski definition) is 3. The van der Waals surface area contributed by atoms with Crippen LogP contribution in [0, 0.1) is 5.82 Å². The molecule has 5 nitrogen and oxygen atoms in total. The van der Waals surface area contributed by atoms with Gasteiger partial charge in [-0.1, -0.05) is 18.2 Å². The molecule has 0 saturated heterocycles. The molecule has 0 fully saturated rings. The van der Waals surface area contributed by atoms with Crippen LogP contribution >= 0.6 is 0 Å². The van der Waals surface area contributed by atoms with Gasteiger partial charge in [0.2, 0.25) is 0 Å². The molecule has 27 heavy (non-hydrogen) atoms. The Morgan fingerprint density at radius 1 is 0.963 bits per heavy atom. The summed E-state index contributed by atoms with van der Waals surface area (Å²) >= 11 is 0. The number of anilines is 1. The number of rotatable bonds is 5. The third kappa shape index (κ3) is 4.36. The molecule has 0 saturated carbocycles. The minimum atomic E-state index is -0.412. The quantitative estimate of drug-likeness (QED) is 0.705. The summed E-state index contributed by atoms with van der Waals surface area (Å²) in [6, 6.07) is 15.4. The molecule has 136 valence electrons. The van der Waals surface area contributed by atoms with Gasteiger partial charge in [0.15, 0.2) is 5.78 Å². The minimum Gasteiger partial charge on any atom is -0.322 e. The first-order valence-electron chi connectivity index (χ1n) is 8.30. The predicted molar refractivity (Wildman–Crippen MR) is 101 cm³/mol. The van der Waals surface area contributed by atoms with Gasteiger partial charge in [-0.2, -0.15) is 0 Å².